The Morgan fingerprint density at radius 2 is 1.89 bits per heavy atom. The predicted molar refractivity (Wildman–Crippen MR) is 169 cm³/mol. The first-order valence-electron chi connectivity index (χ1n) is 15.2. The fourth-order valence-corrected chi connectivity index (χ4v) is 7.23. The molecule has 2 bridgehead atoms. The van der Waals surface area contributed by atoms with Gasteiger partial charge in [0.25, 0.3) is 0 Å². The first-order valence-corrected chi connectivity index (χ1v) is 15.2. The number of nitrogens with zero attached hydrogens (tertiary/aromatic N) is 4. The van der Waals surface area contributed by atoms with Gasteiger partial charge < -0.3 is 25.0 Å². The van der Waals surface area contributed by atoms with Crippen molar-refractivity contribution in [1.82, 2.24) is 20.2 Å². The largest absolute Gasteiger partial charge is 0.508 e. The maximum absolute atomic E-state index is 16.8. The molecule has 10 heteroatoms. The van der Waals surface area contributed by atoms with Gasteiger partial charge in [-0.1, -0.05) is 31.1 Å². The molecule has 0 aliphatic carbocycles. The Morgan fingerprint density at radius 3 is 2.62 bits per heavy atom. The molecule has 0 amide bonds. The first-order chi connectivity index (χ1) is 21.5. The summed E-state index contributed by atoms with van der Waals surface area (Å²) in [5, 5.41) is 14.7. The minimum atomic E-state index is -0.983. The minimum Gasteiger partial charge on any atom is -0.508 e. The second-order valence-electron chi connectivity index (χ2n) is 12.9. The SMILES string of the molecule is C#Cc1c(F)ccc2cc(O)cc(-c3c(F)cc4c(N5C[C@H]6CC[C@@H](C5)N6)nc(OC[C@]5(C)CN(C)CCC5=C)nc4c3F)c12. The van der Waals surface area contributed by atoms with E-state index in [0.29, 0.717) is 24.3 Å². The molecule has 0 radical (unpaired) electrons. The lowest BCUT2D eigenvalue weighted by atomic mass is 9.79. The van der Waals surface area contributed by atoms with Crippen LogP contribution in [0.15, 0.2) is 42.5 Å². The molecule has 7 rings (SSSR count). The van der Waals surface area contributed by atoms with E-state index < -0.39 is 23.0 Å². The number of hydrogen-bond donors (Lipinski definition) is 2. The number of piperidine rings is 1. The van der Waals surface area contributed by atoms with Gasteiger partial charge in [0.05, 0.1) is 11.1 Å². The van der Waals surface area contributed by atoms with E-state index in [-0.39, 0.29) is 63.3 Å². The van der Waals surface area contributed by atoms with Crippen LogP contribution < -0.4 is 15.0 Å². The summed E-state index contributed by atoms with van der Waals surface area (Å²) in [6.45, 7) is 9.45. The fraction of sp³-hybridized carbons (Fsp3) is 0.371. The Bertz CT molecular complexity index is 1910. The van der Waals surface area contributed by atoms with Crippen molar-refractivity contribution in [3.8, 4) is 35.2 Å². The summed E-state index contributed by atoms with van der Waals surface area (Å²) in [6, 6.07) is 6.79. The number of halogens is 3. The number of hydrogen-bond acceptors (Lipinski definition) is 7. The number of fused-ring (bicyclic) bond motifs is 4. The van der Waals surface area contributed by atoms with Gasteiger partial charge >= 0.3 is 6.01 Å². The van der Waals surface area contributed by atoms with Crippen LogP contribution in [0.1, 0.15) is 31.7 Å². The highest BCUT2D eigenvalue weighted by Gasteiger charge is 2.36. The topological polar surface area (TPSA) is 73.8 Å². The van der Waals surface area contributed by atoms with E-state index in [1.807, 2.05) is 11.9 Å². The van der Waals surface area contributed by atoms with Crippen LogP contribution >= 0.6 is 0 Å². The van der Waals surface area contributed by atoms with E-state index in [0.717, 1.165) is 44.0 Å². The number of anilines is 1. The summed E-state index contributed by atoms with van der Waals surface area (Å²) in [5.74, 6) is -0.162. The van der Waals surface area contributed by atoms with Crippen LogP contribution in [0.3, 0.4) is 0 Å². The van der Waals surface area contributed by atoms with Crippen molar-refractivity contribution in [2.45, 2.75) is 38.3 Å². The van der Waals surface area contributed by atoms with E-state index >= 15 is 8.78 Å². The summed E-state index contributed by atoms with van der Waals surface area (Å²) in [4.78, 5) is 13.5. The van der Waals surface area contributed by atoms with E-state index in [4.69, 9.17) is 16.1 Å². The minimum absolute atomic E-state index is 0.0294. The molecule has 0 unspecified atom stereocenters. The van der Waals surface area contributed by atoms with Gasteiger partial charge in [-0.05, 0) is 56.0 Å². The normalized spacial score (nSPS) is 23.6. The van der Waals surface area contributed by atoms with Gasteiger partial charge in [-0.15, -0.1) is 6.42 Å². The van der Waals surface area contributed by atoms with Gasteiger partial charge in [0.15, 0.2) is 5.82 Å². The Balaban J connectivity index is 1.41. The van der Waals surface area contributed by atoms with Crippen LogP contribution in [-0.4, -0.2) is 71.9 Å². The zero-order valence-electron chi connectivity index (χ0n) is 25.3. The highest BCUT2D eigenvalue weighted by atomic mass is 19.1. The van der Waals surface area contributed by atoms with E-state index in [1.165, 1.54) is 24.3 Å². The first kappa shape index (κ1) is 29.4. The van der Waals surface area contributed by atoms with Gasteiger partial charge in [-0.25, -0.2) is 13.2 Å². The lowest BCUT2D eigenvalue weighted by molar-refractivity contribution is 0.112. The van der Waals surface area contributed by atoms with E-state index in [1.54, 1.807) is 0 Å². The molecule has 4 heterocycles. The lowest BCUT2D eigenvalue weighted by Crippen LogP contribution is -2.51. The summed E-state index contributed by atoms with van der Waals surface area (Å²) in [7, 11) is 2.04. The molecule has 0 saturated carbocycles. The molecular weight excluding hydrogens is 579 g/mol. The zero-order valence-corrected chi connectivity index (χ0v) is 25.3. The average molecular weight is 614 g/mol. The van der Waals surface area contributed by atoms with Gasteiger partial charge in [0, 0.05) is 60.0 Å². The van der Waals surface area contributed by atoms with Gasteiger partial charge in [0.1, 0.15) is 35.3 Å². The van der Waals surface area contributed by atoms with Crippen LogP contribution in [0.25, 0.3) is 32.8 Å². The third-order valence-electron chi connectivity index (χ3n) is 9.61. The number of phenols is 1. The van der Waals surface area contributed by atoms with Crippen LogP contribution in [0, 0.1) is 35.2 Å². The van der Waals surface area contributed by atoms with Gasteiger partial charge in [-0.2, -0.15) is 9.97 Å². The third-order valence-corrected chi connectivity index (χ3v) is 9.61. The summed E-state index contributed by atoms with van der Waals surface area (Å²) in [5.41, 5.74) is -0.166. The Morgan fingerprint density at radius 1 is 1.13 bits per heavy atom. The number of piperazine rings is 1. The van der Waals surface area contributed by atoms with Crippen LogP contribution in [0.5, 0.6) is 11.8 Å². The molecule has 4 aromatic rings. The molecule has 3 aliphatic heterocycles. The molecule has 45 heavy (non-hydrogen) atoms. The highest BCUT2D eigenvalue weighted by molar-refractivity contribution is 6.04. The number of aromatic nitrogens is 2. The summed E-state index contributed by atoms with van der Waals surface area (Å²) >= 11 is 0. The quantitative estimate of drug-likeness (QED) is 0.219. The molecule has 3 aliphatic rings. The second kappa shape index (κ2) is 10.9. The van der Waals surface area contributed by atoms with Crippen molar-refractivity contribution in [1.29, 1.82) is 0 Å². The molecule has 3 atom stereocenters. The Hall–Kier alpha value is -4.33. The molecule has 3 fully saturated rings. The molecule has 7 nitrogen and oxygen atoms in total. The molecule has 0 spiro atoms. The standard InChI is InChI=1S/C35H34F3N5O2/c1-5-24-27(36)9-6-20-12-23(44)13-25(29(20)24)30-28(37)14-26-32(31(30)38)40-34(45-18-35(3)17-42(4)11-10-19(35)2)41-33(26)43-15-21-7-8-22(16-43)39-21/h1,6,9,12-14,21-22,39,44H,2,7-8,10-11,15-18H2,3-4H3/t21-,22+,35-/m0/s1. The highest BCUT2D eigenvalue weighted by Crippen LogP contribution is 2.42. The number of ether oxygens (including phenoxy) is 1. The second-order valence-corrected chi connectivity index (χ2v) is 12.9. The van der Waals surface area contributed by atoms with Gasteiger partial charge in [-0.3, -0.25) is 0 Å². The number of benzene rings is 3. The number of phenolic OH excluding ortho intramolecular Hbond substituents is 1. The van der Waals surface area contributed by atoms with Crippen LogP contribution in [0.4, 0.5) is 19.0 Å². The van der Waals surface area contributed by atoms with E-state index in [2.05, 4.69) is 34.6 Å². The fourth-order valence-electron chi connectivity index (χ4n) is 7.23. The van der Waals surface area contributed by atoms with Crippen molar-refractivity contribution in [3.05, 3.63) is 65.5 Å². The van der Waals surface area contributed by atoms with E-state index in [9.17, 15) is 9.50 Å². The maximum Gasteiger partial charge on any atom is 0.319 e. The number of nitrogens with one attached hydrogen (secondary N) is 1. The number of aromatic hydroxyl groups is 1. The van der Waals surface area contributed by atoms with Gasteiger partial charge in [0.2, 0.25) is 0 Å². The average Bonchev–Trinajstić information content (AvgIpc) is 3.35. The molecule has 3 saturated heterocycles. The van der Waals surface area contributed by atoms with Crippen molar-refractivity contribution in [2.24, 2.45) is 5.41 Å². The number of rotatable bonds is 5. The molecule has 1 aromatic heterocycles. The van der Waals surface area contributed by atoms with Crippen molar-refractivity contribution >= 4 is 27.5 Å². The van der Waals surface area contributed by atoms with Crippen molar-refractivity contribution in [3.63, 3.8) is 0 Å². The summed E-state index contributed by atoms with van der Waals surface area (Å²) in [6.07, 6.45) is 8.49. The van der Waals surface area contributed by atoms with Crippen LogP contribution in [-0.2, 0) is 0 Å². The van der Waals surface area contributed by atoms with Crippen molar-refractivity contribution in [2.75, 3.05) is 44.7 Å². The Kier molecular flexibility index (Phi) is 7.14. The van der Waals surface area contributed by atoms with Crippen LogP contribution in [0.2, 0.25) is 0 Å². The van der Waals surface area contributed by atoms with Crippen molar-refractivity contribution < 1.29 is 23.0 Å². The third kappa shape index (κ3) is 5.04. The molecular formula is C35H34F3N5O2. The monoisotopic (exact) mass is 613 g/mol. The lowest BCUT2D eigenvalue weighted by Gasteiger charge is -2.40. The smallest absolute Gasteiger partial charge is 0.319 e. The maximum atomic E-state index is 16.8. The predicted octanol–water partition coefficient (Wildman–Crippen LogP) is 5.77. The molecule has 232 valence electrons. The molecule has 2 N–H and O–H groups in total. The number of terminal acetylenes is 1. The Labute approximate surface area is 259 Å². The zero-order chi connectivity index (χ0) is 31.6. The molecule has 3 aromatic carbocycles. The summed E-state index contributed by atoms with van der Waals surface area (Å²) < 4.78 is 54.1. The number of likely N-dealkylation sites (tertiary alicyclic amines) is 1.